The quantitative estimate of drug-likeness (QED) is 0.926. The number of aromatic nitrogens is 2. The molecule has 0 aliphatic carbocycles. The van der Waals surface area contributed by atoms with Gasteiger partial charge in [-0.05, 0) is 42.2 Å². The average molecular weight is 297 g/mol. The van der Waals surface area contributed by atoms with Crippen LogP contribution in [0.15, 0.2) is 30.5 Å². The Kier molecular flexibility index (Phi) is 3.42. The van der Waals surface area contributed by atoms with Crippen molar-refractivity contribution in [2.75, 3.05) is 13.1 Å². The van der Waals surface area contributed by atoms with Crippen molar-refractivity contribution in [2.24, 2.45) is 0 Å². The van der Waals surface area contributed by atoms with Gasteiger partial charge in [-0.25, -0.2) is 0 Å². The molecule has 5 nitrogen and oxygen atoms in total. The number of likely N-dealkylation sites (tertiary alicyclic amines) is 1. The highest BCUT2D eigenvalue weighted by Crippen LogP contribution is 2.27. The molecule has 1 aromatic carbocycles. The molecule has 1 unspecified atom stereocenters. The smallest absolute Gasteiger partial charge is 0.253 e. The normalized spacial score (nSPS) is 20.9. The monoisotopic (exact) mass is 297 g/mol. The number of H-pyrrole nitrogens is 1. The molecule has 1 saturated heterocycles. The number of rotatable bonds is 2. The first-order valence-electron chi connectivity index (χ1n) is 7.79. The van der Waals surface area contributed by atoms with Crippen LogP contribution in [0.5, 0.6) is 0 Å². The van der Waals surface area contributed by atoms with E-state index in [0.29, 0.717) is 19.1 Å². The van der Waals surface area contributed by atoms with E-state index in [-0.39, 0.29) is 5.91 Å². The summed E-state index contributed by atoms with van der Waals surface area (Å²) in [6.45, 7) is 2.87. The van der Waals surface area contributed by atoms with E-state index < -0.39 is 0 Å². The van der Waals surface area contributed by atoms with Crippen molar-refractivity contribution in [3.05, 3.63) is 52.8 Å². The van der Waals surface area contributed by atoms with E-state index in [0.717, 1.165) is 42.8 Å². The maximum absolute atomic E-state index is 12.8. The highest BCUT2D eigenvalue weighted by Gasteiger charge is 2.26. The average Bonchev–Trinajstić information content (AvgIpc) is 3.25. The fourth-order valence-electron chi connectivity index (χ4n) is 3.40. The molecule has 1 amide bonds. The lowest BCUT2D eigenvalue weighted by molar-refractivity contribution is 0.0705. The van der Waals surface area contributed by atoms with Gasteiger partial charge in [-0.3, -0.25) is 9.89 Å². The summed E-state index contributed by atoms with van der Waals surface area (Å²) in [5, 5.41) is 7.06. The first-order chi connectivity index (χ1) is 10.8. The molecule has 0 spiro atoms. The standard InChI is InChI=1S/C17H19N3O2/c21-17(12-3-4-14-10-22-11-15(14)8-12)20-7-1-2-13(9-20)16-5-6-18-19-16/h3-6,8,13H,1-2,7,9-11H2,(H,18,19). The van der Waals surface area contributed by atoms with Gasteiger partial charge < -0.3 is 9.64 Å². The Balaban J connectivity index is 1.52. The lowest BCUT2D eigenvalue weighted by Crippen LogP contribution is -2.39. The predicted octanol–water partition coefficient (Wildman–Crippen LogP) is 2.46. The molecule has 1 aromatic heterocycles. The number of aromatic amines is 1. The van der Waals surface area contributed by atoms with Crippen LogP contribution < -0.4 is 0 Å². The molecule has 2 aromatic rings. The van der Waals surface area contributed by atoms with Crippen LogP contribution >= 0.6 is 0 Å². The number of ether oxygens (including phenoxy) is 1. The molecular formula is C17H19N3O2. The minimum atomic E-state index is 0.124. The lowest BCUT2D eigenvalue weighted by atomic mass is 9.94. The number of hydrogen-bond donors (Lipinski definition) is 1. The zero-order valence-corrected chi connectivity index (χ0v) is 12.4. The zero-order valence-electron chi connectivity index (χ0n) is 12.4. The number of nitrogens with one attached hydrogen (secondary N) is 1. The van der Waals surface area contributed by atoms with Crippen molar-refractivity contribution in [1.82, 2.24) is 15.1 Å². The topological polar surface area (TPSA) is 58.2 Å². The van der Waals surface area contributed by atoms with Crippen LogP contribution in [0.1, 0.15) is 45.9 Å². The number of carbonyl (C=O) groups excluding carboxylic acids is 1. The van der Waals surface area contributed by atoms with Crippen LogP contribution in [-0.4, -0.2) is 34.1 Å². The van der Waals surface area contributed by atoms with Crippen molar-refractivity contribution in [2.45, 2.75) is 32.0 Å². The van der Waals surface area contributed by atoms with E-state index in [1.54, 1.807) is 6.20 Å². The fourth-order valence-corrected chi connectivity index (χ4v) is 3.40. The second-order valence-electron chi connectivity index (χ2n) is 6.08. The van der Waals surface area contributed by atoms with Crippen LogP contribution in [0.25, 0.3) is 0 Å². The third-order valence-electron chi connectivity index (χ3n) is 4.64. The third kappa shape index (κ3) is 2.41. The highest BCUT2D eigenvalue weighted by molar-refractivity contribution is 5.94. The Morgan fingerprint density at radius 1 is 1.27 bits per heavy atom. The van der Waals surface area contributed by atoms with E-state index >= 15 is 0 Å². The predicted molar refractivity (Wildman–Crippen MR) is 81.4 cm³/mol. The second kappa shape index (κ2) is 5.57. The van der Waals surface area contributed by atoms with Crippen LogP contribution in [-0.2, 0) is 18.0 Å². The molecule has 3 heterocycles. The summed E-state index contributed by atoms with van der Waals surface area (Å²) in [5.74, 6) is 0.483. The summed E-state index contributed by atoms with van der Waals surface area (Å²) in [7, 11) is 0. The van der Waals surface area contributed by atoms with Gasteiger partial charge in [0.2, 0.25) is 0 Å². The number of fused-ring (bicyclic) bond motifs is 1. The van der Waals surface area contributed by atoms with Gasteiger partial charge in [-0.1, -0.05) is 6.07 Å². The maximum Gasteiger partial charge on any atom is 0.253 e. The molecule has 1 N–H and O–H groups in total. The summed E-state index contributed by atoms with van der Waals surface area (Å²) in [6.07, 6.45) is 3.91. The van der Waals surface area contributed by atoms with Gasteiger partial charge in [0.1, 0.15) is 0 Å². The summed E-state index contributed by atoms with van der Waals surface area (Å²) < 4.78 is 5.43. The molecule has 4 rings (SSSR count). The molecule has 114 valence electrons. The van der Waals surface area contributed by atoms with E-state index in [4.69, 9.17) is 4.74 Å². The Labute approximate surface area is 129 Å². The van der Waals surface area contributed by atoms with Gasteiger partial charge in [0.05, 0.1) is 13.2 Å². The molecular weight excluding hydrogens is 278 g/mol. The summed E-state index contributed by atoms with van der Waals surface area (Å²) in [4.78, 5) is 14.7. The molecule has 1 fully saturated rings. The van der Waals surface area contributed by atoms with Gasteiger partial charge in [0, 0.05) is 36.5 Å². The number of nitrogens with zero attached hydrogens (tertiary/aromatic N) is 2. The van der Waals surface area contributed by atoms with Crippen molar-refractivity contribution in [3.63, 3.8) is 0 Å². The van der Waals surface area contributed by atoms with Gasteiger partial charge >= 0.3 is 0 Å². The minimum Gasteiger partial charge on any atom is -0.372 e. The second-order valence-corrected chi connectivity index (χ2v) is 6.08. The molecule has 1 atom stereocenters. The van der Waals surface area contributed by atoms with Gasteiger partial charge in [0.25, 0.3) is 5.91 Å². The molecule has 2 aliphatic rings. The number of benzene rings is 1. The van der Waals surface area contributed by atoms with Crippen LogP contribution in [0, 0.1) is 0 Å². The highest BCUT2D eigenvalue weighted by atomic mass is 16.5. The largest absolute Gasteiger partial charge is 0.372 e. The Morgan fingerprint density at radius 3 is 3.05 bits per heavy atom. The zero-order chi connectivity index (χ0) is 14.9. The molecule has 0 bridgehead atoms. The van der Waals surface area contributed by atoms with Crippen molar-refractivity contribution in [3.8, 4) is 0 Å². The maximum atomic E-state index is 12.8. The SMILES string of the molecule is O=C(c1ccc2c(c1)COC2)N1CCCC(c2ccn[nH]2)C1. The summed E-state index contributed by atoms with van der Waals surface area (Å²) in [6, 6.07) is 7.94. The van der Waals surface area contributed by atoms with Crippen LogP contribution in [0.4, 0.5) is 0 Å². The Hall–Kier alpha value is -2.14. The van der Waals surface area contributed by atoms with Gasteiger partial charge in [-0.2, -0.15) is 5.10 Å². The number of hydrogen-bond acceptors (Lipinski definition) is 3. The summed E-state index contributed by atoms with van der Waals surface area (Å²) >= 11 is 0. The first kappa shape index (κ1) is 13.5. The molecule has 22 heavy (non-hydrogen) atoms. The number of carbonyl (C=O) groups is 1. The molecule has 2 aliphatic heterocycles. The lowest BCUT2D eigenvalue weighted by Gasteiger charge is -2.32. The van der Waals surface area contributed by atoms with Crippen LogP contribution in [0.2, 0.25) is 0 Å². The number of amides is 1. The van der Waals surface area contributed by atoms with E-state index in [9.17, 15) is 4.79 Å². The van der Waals surface area contributed by atoms with Crippen molar-refractivity contribution >= 4 is 5.91 Å². The number of piperidine rings is 1. The van der Waals surface area contributed by atoms with Gasteiger partial charge in [-0.15, -0.1) is 0 Å². The van der Waals surface area contributed by atoms with Crippen molar-refractivity contribution in [1.29, 1.82) is 0 Å². The van der Waals surface area contributed by atoms with E-state index in [2.05, 4.69) is 10.2 Å². The Morgan fingerprint density at radius 2 is 2.18 bits per heavy atom. The first-order valence-corrected chi connectivity index (χ1v) is 7.79. The van der Waals surface area contributed by atoms with Crippen molar-refractivity contribution < 1.29 is 9.53 Å². The molecule has 5 heteroatoms. The molecule has 0 saturated carbocycles. The van der Waals surface area contributed by atoms with E-state index in [1.165, 1.54) is 5.56 Å². The minimum absolute atomic E-state index is 0.124. The fraction of sp³-hybridized carbons (Fsp3) is 0.412. The van der Waals surface area contributed by atoms with E-state index in [1.807, 2.05) is 29.2 Å². The third-order valence-corrected chi connectivity index (χ3v) is 4.64. The van der Waals surface area contributed by atoms with Crippen LogP contribution in [0.3, 0.4) is 0 Å². The summed E-state index contributed by atoms with van der Waals surface area (Å²) in [5.41, 5.74) is 4.24. The van der Waals surface area contributed by atoms with Gasteiger partial charge in [0.15, 0.2) is 0 Å². The molecule has 0 radical (unpaired) electrons. The Bertz CT molecular complexity index is 681.